The first-order valence-electron chi connectivity index (χ1n) is 1.55. The number of hydrogen-bond acceptors (Lipinski definition) is 4. The van der Waals surface area contributed by atoms with Crippen molar-refractivity contribution in [2.24, 2.45) is 5.90 Å². The minimum absolute atomic E-state index is 0. The molecule has 0 saturated carbocycles. The Hall–Kier alpha value is 0.160. The van der Waals surface area contributed by atoms with E-state index in [-0.39, 0.29) is 12.4 Å². The molecule has 0 rings (SSSR count). The Bertz CT molecular complexity index is 130. The lowest BCUT2D eigenvalue weighted by Crippen LogP contribution is -2.10. The number of nitrogens with two attached hydrogens (primary N) is 1. The Labute approximate surface area is 54.3 Å². The summed E-state index contributed by atoms with van der Waals surface area (Å²) >= 11 is 0. The third kappa shape index (κ3) is 9.48. The average Bonchev–Trinajstić information content (AvgIpc) is 1.30. The average molecular weight is 162 g/mol. The molecule has 0 aromatic heterocycles. The molecule has 6 heteroatoms. The van der Waals surface area contributed by atoms with Crippen molar-refractivity contribution in [2.45, 2.75) is 0 Å². The van der Waals surface area contributed by atoms with Crippen molar-refractivity contribution in [1.82, 2.24) is 0 Å². The van der Waals surface area contributed by atoms with Crippen molar-refractivity contribution >= 4 is 22.2 Å². The lowest BCUT2D eigenvalue weighted by molar-refractivity contribution is 0.183. The first kappa shape index (κ1) is 11.0. The molecule has 0 unspecified atom stereocenters. The van der Waals surface area contributed by atoms with Gasteiger partial charge < -0.3 is 0 Å². The molecule has 0 aliphatic heterocycles. The van der Waals surface area contributed by atoms with E-state index in [2.05, 4.69) is 10.7 Å². The second kappa shape index (κ2) is 4.08. The van der Waals surface area contributed by atoms with Gasteiger partial charge in [-0.1, -0.05) is 0 Å². The summed E-state index contributed by atoms with van der Waals surface area (Å²) in [6, 6.07) is 0. The zero-order chi connectivity index (χ0) is 5.91. The monoisotopic (exact) mass is 161 g/mol. The van der Waals surface area contributed by atoms with E-state index in [0.717, 1.165) is 6.26 Å². The summed E-state index contributed by atoms with van der Waals surface area (Å²) in [4.78, 5) is 3.82. The lowest BCUT2D eigenvalue weighted by atomic mass is 11.7. The van der Waals surface area contributed by atoms with Crippen molar-refractivity contribution in [3.05, 3.63) is 0 Å². The van der Waals surface area contributed by atoms with Gasteiger partial charge in [0.1, 0.15) is 0 Å². The van der Waals surface area contributed by atoms with Crippen LogP contribution in [-0.4, -0.2) is 20.6 Å². The highest BCUT2D eigenvalue weighted by Crippen LogP contribution is 1.76. The van der Waals surface area contributed by atoms with Crippen LogP contribution in [0, 0.1) is 0 Å². The first-order valence-corrected chi connectivity index (χ1v) is 3.62. The van der Waals surface area contributed by atoms with Gasteiger partial charge in [0.05, 0.1) is 0 Å². The normalized spacial score (nSPS) is 10.2. The fourth-order valence-corrected chi connectivity index (χ4v) is 0.371. The van der Waals surface area contributed by atoms with E-state index in [1.165, 1.54) is 0 Å². The van der Waals surface area contributed by atoms with Gasteiger partial charge in [0.15, 0.2) is 15.8 Å². The molecule has 0 saturated heterocycles. The molecule has 0 spiro atoms. The van der Waals surface area contributed by atoms with Gasteiger partial charge in [0, 0.05) is 6.26 Å². The maximum absolute atomic E-state index is 10.0. The SMILES string of the molecule is CS(=O)(=O)CON.Cl. The molecule has 0 atom stereocenters. The lowest BCUT2D eigenvalue weighted by Gasteiger charge is -1.89. The Balaban J connectivity index is 0. The third-order valence-electron chi connectivity index (χ3n) is 0.282. The molecular formula is C2H8ClNO3S. The number of halogens is 1. The fourth-order valence-electron chi connectivity index (χ4n) is 0.124. The van der Waals surface area contributed by atoms with Gasteiger partial charge in [-0.25, -0.2) is 14.3 Å². The molecule has 0 aromatic rings. The molecule has 8 heavy (non-hydrogen) atoms. The van der Waals surface area contributed by atoms with E-state index < -0.39 is 15.8 Å². The summed E-state index contributed by atoms with van der Waals surface area (Å²) in [5.74, 6) is 4.03. The molecular weight excluding hydrogens is 154 g/mol. The fraction of sp³-hybridized carbons (Fsp3) is 1.00. The Morgan fingerprint density at radius 2 is 2.00 bits per heavy atom. The Kier molecular flexibility index (Phi) is 5.62. The maximum Gasteiger partial charge on any atom is 0.173 e. The van der Waals surface area contributed by atoms with Gasteiger partial charge >= 0.3 is 0 Å². The van der Waals surface area contributed by atoms with Crippen molar-refractivity contribution in [3.8, 4) is 0 Å². The molecule has 0 aromatic carbocycles. The van der Waals surface area contributed by atoms with Crippen LogP contribution in [0.25, 0.3) is 0 Å². The van der Waals surface area contributed by atoms with Crippen LogP contribution in [0.2, 0.25) is 0 Å². The van der Waals surface area contributed by atoms with Gasteiger partial charge in [-0.05, 0) is 0 Å². The molecule has 2 N–H and O–H groups in total. The predicted octanol–water partition coefficient (Wildman–Crippen LogP) is -0.699. The van der Waals surface area contributed by atoms with Gasteiger partial charge in [0.2, 0.25) is 0 Å². The van der Waals surface area contributed by atoms with E-state index in [9.17, 15) is 8.42 Å². The van der Waals surface area contributed by atoms with Crippen molar-refractivity contribution in [3.63, 3.8) is 0 Å². The van der Waals surface area contributed by atoms with Crippen molar-refractivity contribution in [1.29, 1.82) is 0 Å². The summed E-state index contributed by atoms with van der Waals surface area (Å²) in [5.41, 5.74) is 0. The van der Waals surface area contributed by atoms with Crippen LogP contribution in [0.4, 0.5) is 0 Å². The Morgan fingerprint density at radius 1 is 1.62 bits per heavy atom. The standard InChI is InChI=1S/C2H7NO3S.ClH/c1-7(4,5)2-6-3;/h2-3H2,1H3;1H. The molecule has 0 aliphatic carbocycles. The van der Waals surface area contributed by atoms with E-state index in [1.54, 1.807) is 0 Å². The highest BCUT2D eigenvalue weighted by atomic mass is 35.5. The molecule has 52 valence electrons. The van der Waals surface area contributed by atoms with Gasteiger partial charge in [-0.15, -0.1) is 12.4 Å². The number of rotatable bonds is 2. The summed E-state index contributed by atoms with van der Waals surface area (Å²) in [6.07, 6.45) is 1.04. The van der Waals surface area contributed by atoms with E-state index in [1.807, 2.05) is 0 Å². The first-order chi connectivity index (χ1) is 3.06. The highest BCUT2D eigenvalue weighted by molar-refractivity contribution is 7.90. The zero-order valence-corrected chi connectivity index (χ0v) is 5.96. The number of sulfone groups is 1. The molecule has 0 radical (unpaired) electrons. The van der Waals surface area contributed by atoms with Gasteiger partial charge in [0.25, 0.3) is 0 Å². The largest absolute Gasteiger partial charge is 0.288 e. The van der Waals surface area contributed by atoms with Crippen LogP contribution in [0.15, 0.2) is 0 Å². The summed E-state index contributed by atoms with van der Waals surface area (Å²) in [7, 11) is -3.02. The minimum Gasteiger partial charge on any atom is -0.288 e. The van der Waals surface area contributed by atoms with Crippen LogP contribution in [-0.2, 0) is 14.7 Å². The Morgan fingerprint density at radius 3 is 2.00 bits per heavy atom. The highest BCUT2D eigenvalue weighted by Gasteiger charge is 1.96. The number of hydrogen-bond donors (Lipinski definition) is 1. The molecule has 0 aliphatic rings. The second-order valence-corrected chi connectivity index (χ2v) is 3.30. The van der Waals surface area contributed by atoms with Gasteiger partial charge in [-0.2, -0.15) is 0 Å². The summed E-state index contributed by atoms with van der Waals surface area (Å²) in [6.45, 7) is 0. The molecule has 0 heterocycles. The smallest absolute Gasteiger partial charge is 0.173 e. The minimum atomic E-state index is -3.02. The molecule has 4 nitrogen and oxygen atoms in total. The predicted molar refractivity (Wildman–Crippen MR) is 32.2 cm³/mol. The van der Waals surface area contributed by atoms with Gasteiger partial charge in [-0.3, -0.25) is 4.84 Å². The van der Waals surface area contributed by atoms with Crippen LogP contribution in [0.3, 0.4) is 0 Å². The van der Waals surface area contributed by atoms with Crippen LogP contribution < -0.4 is 5.90 Å². The molecule has 0 bridgehead atoms. The van der Waals surface area contributed by atoms with E-state index in [4.69, 9.17) is 0 Å². The van der Waals surface area contributed by atoms with Crippen LogP contribution >= 0.6 is 12.4 Å². The topological polar surface area (TPSA) is 69.4 Å². The summed E-state index contributed by atoms with van der Waals surface area (Å²) in [5, 5.41) is 0. The van der Waals surface area contributed by atoms with E-state index >= 15 is 0 Å². The quantitative estimate of drug-likeness (QED) is 0.544. The van der Waals surface area contributed by atoms with Crippen molar-refractivity contribution in [2.75, 3.05) is 12.2 Å². The van der Waals surface area contributed by atoms with Crippen LogP contribution in [0.5, 0.6) is 0 Å². The van der Waals surface area contributed by atoms with E-state index in [0.29, 0.717) is 0 Å². The van der Waals surface area contributed by atoms with Crippen LogP contribution in [0.1, 0.15) is 0 Å². The van der Waals surface area contributed by atoms with Crippen molar-refractivity contribution < 1.29 is 13.3 Å². The maximum atomic E-state index is 10.0. The third-order valence-corrected chi connectivity index (χ3v) is 0.846. The zero-order valence-electron chi connectivity index (χ0n) is 4.33. The molecule has 0 amide bonds. The molecule has 0 fully saturated rings. The second-order valence-electron chi connectivity index (χ2n) is 1.21. The summed E-state index contributed by atoms with van der Waals surface area (Å²) < 4.78 is 20.1.